The Hall–Kier alpha value is -1.58. The fourth-order valence-electron chi connectivity index (χ4n) is 1.70. The van der Waals surface area contributed by atoms with Gasteiger partial charge in [0, 0.05) is 6.42 Å². The van der Waals surface area contributed by atoms with E-state index in [0.717, 1.165) is 6.20 Å². The number of aliphatic hydroxyl groups excluding tert-OH is 1. The van der Waals surface area contributed by atoms with Crippen LogP contribution in [-0.4, -0.2) is 40.6 Å². The van der Waals surface area contributed by atoms with Crippen LogP contribution in [0.1, 0.15) is 12.6 Å². The molecule has 1 aliphatic heterocycles. The van der Waals surface area contributed by atoms with Crippen LogP contribution in [-0.2, 0) is 4.74 Å². The Kier molecular flexibility index (Phi) is 5.33. The van der Waals surface area contributed by atoms with Gasteiger partial charge in [0.2, 0.25) is 0 Å². The Labute approximate surface area is 107 Å². The van der Waals surface area contributed by atoms with Crippen LogP contribution in [0.15, 0.2) is 11.0 Å². The first kappa shape index (κ1) is 15.5. The lowest BCUT2D eigenvalue weighted by atomic mass is 10.2. The summed E-state index contributed by atoms with van der Waals surface area (Å²) >= 11 is 0. The first-order chi connectivity index (χ1) is 9.02. The molecule has 0 amide bonds. The minimum Gasteiger partial charge on any atom is -0.394 e. The van der Waals surface area contributed by atoms with Gasteiger partial charge in [-0.25, -0.2) is 13.6 Å². The molecule has 0 radical (unpaired) electrons. The molecule has 0 spiro atoms. The number of nitrogen functional groups attached to an aromatic ring is 1. The van der Waals surface area contributed by atoms with Gasteiger partial charge in [0.05, 0.1) is 18.9 Å². The molecule has 1 aromatic heterocycles. The van der Waals surface area contributed by atoms with Crippen LogP contribution in [0, 0.1) is 5.82 Å². The van der Waals surface area contributed by atoms with Crippen molar-refractivity contribution in [1.29, 1.82) is 0 Å². The van der Waals surface area contributed by atoms with Crippen LogP contribution in [0.2, 0.25) is 0 Å². The third-order valence-corrected chi connectivity index (χ3v) is 2.54. The number of aliphatic hydroxyl groups is 1. The van der Waals surface area contributed by atoms with E-state index in [1.165, 1.54) is 7.05 Å². The number of alkyl halides is 1. The van der Waals surface area contributed by atoms with Crippen molar-refractivity contribution < 1.29 is 18.6 Å². The third-order valence-electron chi connectivity index (χ3n) is 2.54. The van der Waals surface area contributed by atoms with Crippen molar-refractivity contribution in [2.24, 2.45) is 5.73 Å². The average Bonchev–Trinajstić information content (AvgIpc) is 2.77. The number of hydrogen-bond donors (Lipinski definition) is 3. The number of anilines is 1. The summed E-state index contributed by atoms with van der Waals surface area (Å²) in [7, 11) is 1.50. The molecule has 0 bridgehead atoms. The summed E-state index contributed by atoms with van der Waals surface area (Å²) in [5.74, 6) is -1.47. The van der Waals surface area contributed by atoms with Crippen LogP contribution in [0.4, 0.5) is 14.6 Å². The van der Waals surface area contributed by atoms with Crippen molar-refractivity contribution in [3.63, 3.8) is 0 Å². The molecule has 0 aliphatic carbocycles. The predicted molar refractivity (Wildman–Crippen MR) is 63.5 cm³/mol. The Morgan fingerprint density at radius 2 is 2.26 bits per heavy atom. The summed E-state index contributed by atoms with van der Waals surface area (Å²) in [4.78, 5) is 14.6. The Morgan fingerprint density at radius 3 is 2.79 bits per heavy atom. The van der Waals surface area contributed by atoms with E-state index in [4.69, 9.17) is 15.6 Å². The minimum atomic E-state index is -1.50. The van der Waals surface area contributed by atoms with Crippen molar-refractivity contribution in [3.05, 3.63) is 22.5 Å². The number of nitrogens with two attached hydrogens (primary N) is 2. The first-order valence-corrected chi connectivity index (χ1v) is 5.55. The van der Waals surface area contributed by atoms with Gasteiger partial charge >= 0.3 is 5.69 Å². The van der Waals surface area contributed by atoms with E-state index in [2.05, 4.69) is 10.7 Å². The van der Waals surface area contributed by atoms with Gasteiger partial charge in [0.25, 0.3) is 0 Å². The van der Waals surface area contributed by atoms with Gasteiger partial charge in [0.1, 0.15) is 6.17 Å². The van der Waals surface area contributed by atoms with Crippen molar-refractivity contribution in [3.8, 4) is 0 Å². The maximum atomic E-state index is 13.5. The second-order valence-corrected chi connectivity index (χ2v) is 3.75. The lowest BCUT2D eigenvalue weighted by molar-refractivity contribution is -0.0397. The van der Waals surface area contributed by atoms with Gasteiger partial charge in [-0.3, -0.25) is 4.57 Å². The minimum absolute atomic E-state index is 0.0560. The van der Waals surface area contributed by atoms with Crippen LogP contribution in [0.25, 0.3) is 0 Å². The molecule has 7 nitrogen and oxygen atoms in total. The summed E-state index contributed by atoms with van der Waals surface area (Å²) in [5, 5.41) is 8.83. The van der Waals surface area contributed by atoms with Crippen LogP contribution >= 0.6 is 0 Å². The maximum absolute atomic E-state index is 13.5. The summed E-state index contributed by atoms with van der Waals surface area (Å²) in [6, 6.07) is 0. The van der Waals surface area contributed by atoms with Crippen LogP contribution in [0.3, 0.4) is 0 Å². The fourth-order valence-corrected chi connectivity index (χ4v) is 1.70. The second kappa shape index (κ2) is 6.55. The van der Waals surface area contributed by atoms with Gasteiger partial charge in [-0.2, -0.15) is 4.98 Å². The highest BCUT2D eigenvalue weighted by atomic mass is 19.1. The van der Waals surface area contributed by atoms with E-state index in [-0.39, 0.29) is 13.0 Å². The lowest BCUT2D eigenvalue weighted by Crippen LogP contribution is -2.31. The number of halogens is 2. The van der Waals surface area contributed by atoms with Crippen LogP contribution in [0.5, 0.6) is 0 Å². The average molecular weight is 278 g/mol. The molecule has 1 fully saturated rings. The van der Waals surface area contributed by atoms with E-state index in [0.29, 0.717) is 4.57 Å². The zero-order chi connectivity index (χ0) is 14.6. The molecule has 2 heterocycles. The van der Waals surface area contributed by atoms with E-state index in [1.807, 2.05) is 0 Å². The molecule has 1 saturated heterocycles. The Bertz CT molecular complexity index is 482. The maximum Gasteiger partial charge on any atom is 0.351 e. The molecule has 0 saturated carbocycles. The van der Waals surface area contributed by atoms with Gasteiger partial charge in [0.15, 0.2) is 17.9 Å². The van der Waals surface area contributed by atoms with Gasteiger partial charge in [-0.15, -0.1) is 0 Å². The molecule has 108 valence electrons. The highest BCUT2D eigenvalue weighted by molar-refractivity contribution is 5.26. The van der Waals surface area contributed by atoms with Crippen molar-refractivity contribution in [2.45, 2.75) is 24.9 Å². The van der Waals surface area contributed by atoms with E-state index >= 15 is 0 Å². The van der Waals surface area contributed by atoms with Crippen molar-refractivity contribution >= 4 is 5.82 Å². The number of aromatic nitrogens is 2. The zero-order valence-electron chi connectivity index (χ0n) is 10.3. The lowest BCUT2D eigenvalue weighted by Gasteiger charge is -2.16. The zero-order valence-corrected chi connectivity index (χ0v) is 10.3. The summed E-state index contributed by atoms with van der Waals surface area (Å²) in [5.41, 5.74) is 8.71. The number of hydrogen-bond acceptors (Lipinski definition) is 6. The summed E-state index contributed by atoms with van der Waals surface area (Å²) < 4.78 is 32.5. The Morgan fingerprint density at radius 1 is 1.63 bits per heavy atom. The van der Waals surface area contributed by atoms with Gasteiger partial charge in [-0.05, 0) is 7.05 Å². The summed E-state index contributed by atoms with van der Waals surface area (Å²) in [6.07, 6.45) is -2.79. The molecule has 3 atom stereocenters. The molecule has 0 aromatic carbocycles. The normalized spacial score (nSPS) is 25.8. The first-order valence-electron chi connectivity index (χ1n) is 5.55. The van der Waals surface area contributed by atoms with Gasteiger partial charge in [-0.1, -0.05) is 0 Å². The predicted octanol–water partition coefficient (Wildman–Crippen LogP) is -0.843. The van der Waals surface area contributed by atoms with E-state index in [9.17, 15) is 13.6 Å². The highest BCUT2D eigenvalue weighted by Crippen LogP contribution is 2.30. The molecule has 1 aliphatic rings. The van der Waals surface area contributed by atoms with Crippen LogP contribution < -0.4 is 17.2 Å². The molecular weight excluding hydrogens is 262 g/mol. The van der Waals surface area contributed by atoms with E-state index in [1.54, 1.807) is 0 Å². The molecule has 1 aromatic rings. The largest absolute Gasteiger partial charge is 0.394 e. The SMILES string of the molecule is CN.Nc1nc(=O)n(C2OC(CO)CC2F)cc1F. The second-order valence-electron chi connectivity index (χ2n) is 3.75. The van der Waals surface area contributed by atoms with Crippen molar-refractivity contribution in [2.75, 3.05) is 19.4 Å². The monoisotopic (exact) mass is 278 g/mol. The molecule has 3 unspecified atom stereocenters. The van der Waals surface area contributed by atoms with E-state index < -0.39 is 35.8 Å². The summed E-state index contributed by atoms with van der Waals surface area (Å²) in [6.45, 7) is -0.365. The number of nitrogens with zero attached hydrogens (tertiary/aromatic N) is 2. The third kappa shape index (κ3) is 3.25. The van der Waals surface area contributed by atoms with Gasteiger partial charge < -0.3 is 21.3 Å². The quantitative estimate of drug-likeness (QED) is 0.649. The molecule has 19 heavy (non-hydrogen) atoms. The topological polar surface area (TPSA) is 116 Å². The molecule has 9 heteroatoms. The molecule has 2 rings (SSSR count). The number of ether oxygens (including phenoxy) is 1. The molecule has 5 N–H and O–H groups in total. The molecular formula is C10H16F2N4O3. The Balaban J connectivity index is 0.000000861. The fraction of sp³-hybridized carbons (Fsp3) is 0.600. The smallest absolute Gasteiger partial charge is 0.351 e. The highest BCUT2D eigenvalue weighted by Gasteiger charge is 2.37. The number of rotatable bonds is 2. The standard InChI is InChI=1S/C9H11F2N3O3.CH5N/c10-5-1-4(3-15)17-8(5)14-2-6(11)7(12)13-9(14)16;1-2/h2,4-5,8,15H,1,3H2,(H2,12,13,16);2H2,1H3. The van der Waals surface area contributed by atoms with Crippen molar-refractivity contribution in [1.82, 2.24) is 9.55 Å².